The first-order valence-corrected chi connectivity index (χ1v) is 5.50. The van der Waals surface area contributed by atoms with E-state index in [-0.39, 0.29) is 18.2 Å². The molecular weight excluding hydrogens is 230 g/mol. The molecule has 2 aromatic heterocycles. The summed E-state index contributed by atoms with van der Waals surface area (Å²) in [6.45, 7) is 2.00. The maximum atomic E-state index is 11.7. The number of carbonyl (C=O) groups is 1. The zero-order valence-corrected chi connectivity index (χ0v) is 9.93. The van der Waals surface area contributed by atoms with E-state index in [1.165, 1.54) is 0 Å². The van der Waals surface area contributed by atoms with Crippen LogP contribution in [0.15, 0.2) is 35.0 Å². The number of amides is 1. The maximum absolute atomic E-state index is 11.7. The zero-order valence-electron chi connectivity index (χ0n) is 9.93. The van der Waals surface area contributed by atoms with Crippen molar-refractivity contribution < 1.29 is 9.21 Å². The minimum absolute atomic E-state index is 0.196. The first-order chi connectivity index (χ1) is 8.72. The molecule has 0 aliphatic carbocycles. The van der Waals surface area contributed by atoms with Crippen LogP contribution in [0.3, 0.4) is 0 Å². The minimum Gasteiger partial charge on any atom is -0.451 e. The van der Waals surface area contributed by atoms with E-state index in [0.717, 1.165) is 17.3 Å². The second kappa shape index (κ2) is 5.27. The number of aromatic nitrogens is 1. The molecule has 2 heterocycles. The number of aryl methyl sites for hydroxylation is 1. The fourth-order valence-corrected chi connectivity index (χ4v) is 1.58. The van der Waals surface area contributed by atoms with Gasteiger partial charge in [-0.2, -0.15) is 0 Å². The van der Waals surface area contributed by atoms with Gasteiger partial charge >= 0.3 is 0 Å². The molecule has 0 aliphatic heterocycles. The smallest absolute Gasteiger partial charge is 0.287 e. The third-order valence-corrected chi connectivity index (χ3v) is 2.43. The molecule has 2 rings (SSSR count). The molecule has 0 aliphatic rings. The van der Waals surface area contributed by atoms with Crippen LogP contribution in [-0.2, 0) is 0 Å². The predicted octanol–water partition coefficient (Wildman–Crippen LogP) is 2.03. The number of furan rings is 1. The normalized spacial score (nSPS) is 10.1. The molecule has 0 saturated heterocycles. The molecule has 0 aromatic carbocycles. The monoisotopic (exact) mass is 243 g/mol. The predicted molar refractivity (Wildman–Crippen MR) is 67.8 cm³/mol. The van der Waals surface area contributed by atoms with Crippen molar-refractivity contribution in [1.82, 2.24) is 10.3 Å². The number of nitrogens with one attached hydrogen (secondary N) is 2. The molecule has 0 saturated carbocycles. The van der Waals surface area contributed by atoms with Gasteiger partial charge in [-0.3, -0.25) is 9.78 Å². The maximum Gasteiger partial charge on any atom is 0.287 e. The van der Waals surface area contributed by atoms with Crippen LogP contribution in [0, 0.1) is 12.3 Å². The van der Waals surface area contributed by atoms with E-state index >= 15 is 0 Å². The van der Waals surface area contributed by atoms with Crippen molar-refractivity contribution in [2.24, 2.45) is 0 Å². The molecule has 0 bridgehead atoms. The number of rotatable bonds is 4. The second-order valence-electron chi connectivity index (χ2n) is 3.78. The summed E-state index contributed by atoms with van der Waals surface area (Å²) in [5.41, 5.74) is 1.59. The molecule has 0 fully saturated rings. The van der Waals surface area contributed by atoms with Crippen LogP contribution < -0.4 is 5.32 Å². The quantitative estimate of drug-likeness (QED) is 0.806. The summed E-state index contributed by atoms with van der Waals surface area (Å²) < 4.78 is 5.53. The Morgan fingerprint density at radius 3 is 3.11 bits per heavy atom. The average molecular weight is 243 g/mol. The van der Waals surface area contributed by atoms with Gasteiger partial charge < -0.3 is 15.1 Å². The molecule has 5 nitrogen and oxygen atoms in total. The van der Waals surface area contributed by atoms with Crippen LogP contribution in [0.4, 0.5) is 0 Å². The Bertz CT molecular complexity index is 561. The van der Waals surface area contributed by atoms with Crippen LogP contribution in [0.1, 0.15) is 16.1 Å². The first-order valence-electron chi connectivity index (χ1n) is 5.50. The summed E-state index contributed by atoms with van der Waals surface area (Å²) in [5, 5.41) is 9.44. The second-order valence-corrected chi connectivity index (χ2v) is 3.78. The van der Waals surface area contributed by atoms with E-state index in [2.05, 4.69) is 10.3 Å². The summed E-state index contributed by atoms with van der Waals surface area (Å²) in [6, 6.07) is 5.48. The fourth-order valence-electron chi connectivity index (χ4n) is 1.58. The van der Waals surface area contributed by atoms with Gasteiger partial charge in [0.15, 0.2) is 5.76 Å². The van der Waals surface area contributed by atoms with E-state index in [1.54, 1.807) is 18.5 Å². The standard InChI is InChI=1S/C13H13N3O2/c1-9-7-11(10-3-2-5-15-8-10)18-12(9)13(17)16-6-4-14/h2-5,7-8,14H,6H2,1H3,(H,16,17). The molecular formula is C13H13N3O2. The molecule has 0 unspecified atom stereocenters. The van der Waals surface area contributed by atoms with Crippen molar-refractivity contribution >= 4 is 12.1 Å². The van der Waals surface area contributed by atoms with Gasteiger partial charge in [0.1, 0.15) is 5.76 Å². The van der Waals surface area contributed by atoms with Crippen LogP contribution >= 0.6 is 0 Å². The SMILES string of the molecule is Cc1cc(-c2cccnc2)oc1C(=O)NCC=N. The summed E-state index contributed by atoms with van der Waals surface area (Å²) in [6.07, 6.45) is 4.48. The Labute approximate surface area is 104 Å². The topological polar surface area (TPSA) is 79.0 Å². The summed E-state index contributed by atoms with van der Waals surface area (Å²) >= 11 is 0. The summed E-state index contributed by atoms with van der Waals surface area (Å²) in [4.78, 5) is 15.7. The third-order valence-electron chi connectivity index (χ3n) is 2.43. The summed E-state index contributed by atoms with van der Waals surface area (Å²) in [7, 11) is 0. The van der Waals surface area contributed by atoms with E-state index in [0.29, 0.717) is 5.76 Å². The Morgan fingerprint density at radius 2 is 2.44 bits per heavy atom. The Kier molecular flexibility index (Phi) is 3.52. The first kappa shape index (κ1) is 12.0. The average Bonchev–Trinajstić information content (AvgIpc) is 2.79. The Balaban J connectivity index is 2.27. The van der Waals surface area contributed by atoms with Crippen LogP contribution in [0.5, 0.6) is 0 Å². The van der Waals surface area contributed by atoms with Gasteiger partial charge in [-0.05, 0) is 25.1 Å². The van der Waals surface area contributed by atoms with E-state index in [9.17, 15) is 4.79 Å². The van der Waals surface area contributed by atoms with Crippen LogP contribution in [0.25, 0.3) is 11.3 Å². The number of hydrogen-bond acceptors (Lipinski definition) is 4. The van der Waals surface area contributed by atoms with Gasteiger partial charge in [0.05, 0.1) is 6.54 Å². The van der Waals surface area contributed by atoms with Crippen LogP contribution in [0.2, 0.25) is 0 Å². The van der Waals surface area contributed by atoms with Crippen molar-refractivity contribution in [3.05, 3.63) is 41.9 Å². The van der Waals surface area contributed by atoms with Crippen LogP contribution in [-0.4, -0.2) is 23.7 Å². The van der Waals surface area contributed by atoms with E-state index in [4.69, 9.17) is 9.83 Å². The molecule has 18 heavy (non-hydrogen) atoms. The highest BCUT2D eigenvalue weighted by Crippen LogP contribution is 2.24. The molecule has 92 valence electrons. The lowest BCUT2D eigenvalue weighted by molar-refractivity contribution is 0.0932. The van der Waals surface area contributed by atoms with Gasteiger partial charge in [-0.1, -0.05) is 0 Å². The lowest BCUT2D eigenvalue weighted by Gasteiger charge is -1.99. The molecule has 2 aromatic rings. The van der Waals surface area contributed by atoms with Gasteiger partial charge in [0.2, 0.25) is 0 Å². The van der Waals surface area contributed by atoms with Crippen molar-refractivity contribution in [3.8, 4) is 11.3 Å². The lowest BCUT2D eigenvalue weighted by Crippen LogP contribution is -2.25. The third kappa shape index (κ3) is 2.45. The highest BCUT2D eigenvalue weighted by Gasteiger charge is 2.15. The highest BCUT2D eigenvalue weighted by atomic mass is 16.4. The van der Waals surface area contributed by atoms with Crippen molar-refractivity contribution in [2.75, 3.05) is 6.54 Å². The molecule has 2 N–H and O–H groups in total. The Morgan fingerprint density at radius 1 is 1.61 bits per heavy atom. The van der Waals surface area contributed by atoms with Crippen molar-refractivity contribution in [1.29, 1.82) is 5.41 Å². The summed E-state index contributed by atoms with van der Waals surface area (Å²) in [5.74, 6) is 0.572. The largest absolute Gasteiger partial charge is 0.451 e. The molecule has 5 heteroatoms. The molecule has 0 spiro atoms. The van der Waals surface area contributed by atoms with Gasteiger partial charge in [0.25, 0.3) is 5.91 Å². The minimum atomic E-state index is -0.314. The molecule has 0 atom stereocenters. The molecule has 1 amide bonds. The van der Waals surface area contributed by atoms with Gasteiger partial charge in [0, 0.05) is 29.7 Å². The van der Waals surface area contributed by atoms with Gasteiger partial charge in [-0.15, -0.1) is 0 Å². The number of nitrogens with zero attached hydrogens (tertiary/aromatic N) is 1. The van der Waals surface area contributed by atoms with E-state index < -0.39 is 0 Å². The zero-order chi connectivity index (χ0) is 13.0. The van der Waals surface area contributed by atoms with Gasteiger partial charge in [-0.25, -0.2) is 0 Å². The van der Waals surface area contributed by atoms with E-state index in [1.807, 2.05) is 19.1 Å². The molecule has 0 radical (unpaired) electrons. The van der Waals surface area contributed by atoms with Crippen molar-refractivity contribution in [3.63, 3.8) is 0 Å². The highest BCUT2D eigenvalue weighted by molar-refractivity contribution is 5.94. The Hall–Kier alpha value is -2.43. The number of hydrogen-bond donors (Lipinski definition) is 2. The number of carbonyl (C=O) groups excluding carboxylic acids is 1. The lowest BCUT2D eigenvalue weighted by atomic mass is 10.2. The number of pyridine rings is 1. The fraction of sp³-hybridized carbons (Fsp3) is 0.154. The van der Waals surface area contributed by atoms with Crippen molar-refractivity contribution in [2.45, 2.75) is 6.92 Å².